The third-order valence-corrected chi connectivity index (χ3v) is 7.49. The van der Waals surface area contributed by atoms with Crippen molar-refractivity contribution in [3.63, 3.8) is 0 Å². The molecule has 2 unspecified atom stereocenters. The van der Waals surface area contributed by atoms with Crippen LogP contribution in [0.3, 0.4) is 0 Å². The molecular weight excluding hydrogens is 540 g/mol. The number of carbonyl (C=O) groups is 4. The van der Waals surface area contributed by atoms with Crippen molar-refractivity contribution in [2.75, 3.05) is 46.6 Å². The van der Waals surface area contributed by atoms with Crippen molar-refractivity contribution in [3.05, 3.63) is 65.7 Å². The van der Waals surface area contributed by atoms with Crippen molar-refractivity contribution < 1.29 is 33.4 Å². The Bertz CT molecular complexity index is 1230. The van der Waals surface area contributed by atoms with Crippen LogP contribution in [-0.4, -0.2) is 98.7 Å². The second kappa shape index (κ2) is 14.4. The van der Waals surface area contributed by atoms with Gasteiger partial charge in [0.05, 0.1) is 39.5 Å². The van der Waals surface area contributed by atoms with E-state index in [1.807, 2.05) is 47.4 Å². The summed E-state index contributed by atoms with van der Waals surface area (Å²) in [7, 11) is 1.56. The number of ether oxygens (including phenoxy) is 3. The molecule has 2 fully saturated rings. The number of nitrogens with one attached hydrogen (secondary N) is 3. The maximum Gasteiger partial charge on any atom is 0.243 e. The van der Waals surface area contributed by atoms with Gasteiger partial charge >= 0.3 is 0 Å². The fourth-order valence-corrected chi connectivity index (χ4v) is 4.77. The molecule has 0 aromatic heterocycles. The van der Waals surface area contributed by atoms with E-state index in [0.29, 0.717) is 38.7 Å². The van der Waals surface area contributed by atoms with Gasteiger partial charge in [0.2, 0.25) is 17.7 Å². The summed E-state index contributed by atoms with van der Waals surface area (Å²) in [5, 5.41) is 8.39. The van der Waals surface area contributed by atoms with Crippen LogP contribution in [-0.2, 0) is 41.5 Å². The first-order valence-electron chi connectivity index (χ1n) is 14.2. The summed E-state index contributed by atoms with van der Waals surface area (Å²) in [6.07, 6.45) is 0.442. The first-order valence-corrected chi connectivity index (χ1v) is 14.2. The first-order chi connectivity index (χ1) is 20.2. The molecule has 11 heteroatoms. The number of benzene rings is 2. The molecule has 0 saturated carbocycles. The zero-order chi connectivity index (χ0) is 30.1. The van der Waals surface area contributed by atoms with Gasteiger partial charge in [0.25, 0.3) is 0 Å². The molecule has 2 aliphatic rings. The van der Waals surface area contributed by atoms with Gasteiger partial charge in [-0.2, -0.15) is 0 Å². The van der Waals surface area contributed by atoms with Crippen LogP contribution in [0.25, 0.3) is 0 Å². The van der Waals surface area contributed by atoms with Crippen molar-refractivity contribution in [2.45, 2.75) is 50.4 Å². The molecular formula is C31H40N4O7. The average molecular weight is 581 g/mol. The topological polar surface area (TPSA) is 139 Å². The van der Waals surface area contributed by atoms with Gasteiger partial charge in [0, 0.05) is 19.5 Å². The molecule has 11 nitrogen and oxygen atoms in total. The third-order valence-electron chi connectivity index (χ3n) is 7.49. The first kappa shape index (κ1) is 31.1. The Morgan fingerprint density at radius 3 is 2.10 bits per heavy atom. The lowest BCUT2D eigenvalue weighted by Gasteiger charge is -2.27. The number of hydrogen-bond donors (Lipinski definition) is 3. The molecule has 2 heterocycles. The maximum atomic E-state index is 13.7. The average Bonchev–Trinajstić information content (AvgIpc) is 3.75. The van der Waals surface area contributed by atoms with Crippen LogP contribution in [0.15, 0.2) is 54.6 Å². The lowest BCUT2D eigenvalue weighted by Crippen LogP contribution is -2.57. The number of carbonyl (C=O) groups excluding carboxylic acids is 4. The highest BCUT2D eigenvalue weighted by Gasteiger charge is 2.50. The number of amides is 3. The van der Waals surface area contributed by atoms with Crippen LogP contribution < -0.4 is 20.7 Å². The van der Waals surface area contributed by atoms with Crippen LogP contribution >= 0.6 is 0 Å². The van der Waals surface area contributed by atoms with Crippen LogP contribution in [0, 0.1) is 0 Å². The third kappa shape index (κ3) is 8.85. The predicted molar refractivity (Wildman–Crippen MR) is 155 cm³/mol. The van der Waals surface area contributed by atoms with Gasteiger partial charge in [0.1, 0.15) is 23.4 Å². The van der Waals surface area contributed by atoms with Crippen molar-refractivity contribution in [1.82, 2.24) is 20.9 Å². The molecule has 0 bridgehead atoms. The SMILES string of the molecule is COc1ccc(C[C@H](NC(=O)[C@H](C)NC(=O)CN2CCOCC2)C(=O)NC(Cc2ccccc2)C(=O)C2(C)CO2)cc1. The number of epoxide rings is 1. The highest BCUT2D eigenvalue weighted by atomic mass is 16.6. The second-order valence-corrected chi connectivity index (χ2v) is 10.9. The Morgan fingerprint density at radius 2 is 1.48 bits per heavy atom. The molecule has 3 N–H and O–H groups in total. The van der Waals surface area contributed by atoms with E-state index in [0.717, 1.165) is 11.1 Å². The fourth-order valence-electron chi connectivity index (χ4n) is 4.77. The molecule has 2 saturated heterocycles. The lowest BCUT2D eigenvalue weighted by molar-refractivity contribution is -0.134. The number of ketones is 1. The molecule has 0 aliphatic carbocycles. The number of nitrogens with zero attached hydrogens (tertiary/aromatic N) is 1. The number of hydrogen-bond acceptors (Lipinski definition) is 8. The van der Waals surface area contributed by atoms with Crippen molar-refractivity contribution in [3.8, 4) is 5.75 Å². The summed E-state index contributed by atoms with van der Waals surface area (Å²) in [5.74, 6) is -0.876. The molecule has 42 heavy (non-hydrogen) atoms. The van der Waals surface area contributed by atoms with Gasteiger partial charge in [-0.3, -0.25) is 24.1 Å². The van der Waals surface area contributed by atoms with E-state index in [9.17, 15) is 19.2 Å². The van der Waals surface area contributed by atoms with E-state index in [4.69, 9.17) is 14.2 Å². The van der Waals surface area contributed by atoms with Crippen LogP contribution in [0.5, 0.6) is 5.75 Å². The molecule has 4 rings (SSSR count). The molecule has 226 valence electrons. The van der Waals surface area contributed by atoms with Gasteiger partial charge in [-0.15, -0.1) is 0 Å². The molecule has 4 atom stereocenters. The van der Waals surface area contributed by atoms with E-state index in [1.54, 1.807) is 33.1 Å². The zero-order valence-electron chi connectivity index (χ0n) is 24.4. The number of methoxy groups -OCH3 is 1. The Balaban J connectivity index is 1.46. The molecule has 0 radical (unpaired) electrons. The number of morpholine rings is 1. The van der Waals surface area contributed by atoms with Crippen molar-refractivity contribution in [2.24, 2.45) is 0 Å². The quantitative estimate of drug-likeness (QED) is 0.277. The van der Waals surface area contributed by atoms with Gasteiger partial charge in [-0.25, -0.2) is 0 Å². The zero-order valence-corrected chi connectivity index (χ0v) is 24.4. The van der Waals surface area contributed by atoms with Crippen LogP contribution in [0.1, 0.15) is 25.0 Å². The van der Waals surface area contributed by atoms with Gasteiger partial charge in [-0.05, 0) is 43.5 Å². The van der Waals surface area contributed by atoms with Gasteiger partial charge < -0.3 is 30.2 Å². The van der Waals surface area contributed by atoms with E-state index >= 15 is 0 Å². The Hall–Kier alpha value is -3.80. The minimum Gasteiger partial charge on any atom is -0.497 e. The Morgan fingerprint density at radius 1 is 0.881 bits per heavy atom. The molecule has 2 aromatic rings. The summed E-state index contributed by atoms with van der Waals surface area (Å²) in [6.45, 7) is 6.13. The van der Waals surface area contributed by atoms with E-state index in [1.165, 1.54) is 0 Å². The Kier molecular flexibility index (Phi) is 10.7. The molecule has 0 spiro atoms. The summed E-state index contributed by atoms with van der Waals surface area (Å²) in [4.78, 5) is 54.8. The molecule has 3 amide bonds. The molecule has 2 aromatic carbocycles. The highest BCUT2D eigenvalue weighted by Crippen LogP contribution is 2.29. The summed E-state index contributed by atoms with van der Waals surface area (Å²) in [5.41, 5.74) is 0.720. The van der Waals surface area contributed by atoms with E-state index in [-0.39, 0.29) is 31.1 Å². The normalized spacial score (nSPS) is 20.5. The lowest BCUT2D eigenvalue weighted by atomic mass is 9.94. The van der Waals surface area contributed by atoms with Gasteiger partial charge in [-0.1, -0.05) is 42.5 Å². The highest BCUT2D eigenvalue weighted by molar-refractivity contribution is 5.98. The minimum atomic E-state index is -1.01. The van der Waals surface area contributed by atoms with Crippen LogP contribution in [0.4, 0.5) is 0 Å². The fraction of sp³-hybridized carbons (Fsp3) is 0.484. The summed E-state index contributed by atoms with van der Waals surface area (Å²) in [6, 6.07) is 13.8. The summed E-state index contributed by atoms with van der Waals surface area (Å²) < 4.78 is 15.9. The van der Waals surface area contributed by atoms with Crippen molar-refractivity contribution in [1.29, 1.82) is 0 Å². The monoisotopic (exact) mass is 580 g/mol. The summed E-state index contributed by atoms with van der Waals surface area (Å²) >= 11 is 0. The second-order valence-electron chi connectivity index (χ2n) is 10.9. The Labute approximate surface area is 246 Å². The van der Waals surface area contributed by atoms with Crippen molar-refractivity contribution >= 4 is 23.5 Å². The predicted octanol–water partition coefficient (Wildman–Crippen LogP) is 0.645. The largest absolute Gasteiger partial charge is 0.497 e. The van der Waals surface area contributed by atoms with E-state index in [2.05, 4.69) is 16.0 Å². The van der Waals surface area contributed by atoms with Gasteiger partial charge in [0.15, 0.2) is 5.78 Å². The van der Waals surface area contributed by atoms with E-state index < -0.39 is 35.5 Å². The standard InChI is InChI=1S/C31H40N4O7/c1-21(32-27(36)19-35-13-15-41-16-14-35)29(38)34-26(18-23-9-11-24(40-3)12-10-23)30(39)33-25(28(37)31(2)20-42-31)17-22-7-5-4-6-8-22/h4-12,21,25-26H,13-20H2,1-3H3,(H,32,36)(H,33,39)(H,34,38)/t21-,25?,26-,31?/m0/s1. The maximum absolute atomic E-state index is 13.7. The van der Waals surface area contributed by atoms with Crippen LogP contribution in [0.2, 0.25) is 0 Å². The smallest absolute Gasteiger partial charge is 0.243 e. The minimum absolute atomic E-state index is 0.154. The number of rotatable bonds is 14. The number of Topliss-reactive ketones (excluding diaryl/α,β-unsaturated/α-hetero) is 1. The molecule has 2 aliphatic heterocycles.